The van der Waals surface area contributed by atoms with Crippen LogP contribution < -0.4 is 11.5 Å². The number of nitrogens with two attached hydrogens (primary N) is 2. The Labute approximate surface area is 437 Å². The number of fused-ring (bicyclic) bond motifs is 15. The fraction of sp³-hybridized carbons (Fsp3) is 0.217. The summed E-state index contributed by atoms with van der Waals surface area (Å²) in [6.07, 6.45) is 15.3. The molecule has 0 aromatic heterocycles. The number of aliphatic hydroxyl groups is 3. The predicted molar refractivity (Wildman–Crippen MR) is 306 cm³/mol. The fourth-order valence-electron chi connectivity index (χ4n) is 12.0. The van der Waals surface area contributed by atoms with Gasteiger partial charge in [-0.2, -0.15) is 0 Å². The number of rotatable bonds is 4. The Morgan fingerprint density at radius 3 is 1.22 bits per heavy atom. The van der Waals surface area contributed by atoms with Crippen molar-refractivity contribution in [1.82, 2.24) is 0 Å². The first kappa shape index (κ1) is 48.7. The fourth-order valence-corrected chi connectivity index (χ4v) is 12.0. The van der Waals surface area contributed by atoms with Crippen molar-refractivity contribution in [2.75, 3.05) is 0 Å². The zero-order valence-corrected chi connectivity index (χ0v) is 44.0. The molecule has 0 heterocycles. The van der Waals surface area contributed by atoms with Crippen LogP contribution in [-0.4, -0.2) is 15.3 Å². The average molecular weight is 971 g/mol. The van der Waals surface area contributed by atoms with E-state index in [2.05, 4.69) is 165 Å². The lowest BCUT2D eigenvalue weighted by atomic mass is 9.77. The van der Waals surface area contributed by atoms with E-state index in [-0.39, 0.29) is 16.2 Å². The van der Waals surface area contributed by atoms with Crippen molar-refractivity contribution in [3.05, 3.63) is 261 Å². The highest BCUT2D eigenvalue weighted by atomic mass is 16.3. The lowest BCUT2D eigenvalue weighted by Crippen LogP contribution is -2.28. The van der Waals surface area contributed by atoms with Crippen molar-refractivity contribution in [3.63, 3.8) is 0 Å². The van der Waals surface area contributed by atoms with Crippen molar-refractivity contribution >= 4 is 11.1 Å². The van der Waals surface area contributed by atoms with Gasteiger partial charge in [-0.1, -0.05) is 202 Å². The molecule has 0 radical (unpaired) electrons. The standard InChI is InChI=1S/C69H66N2O3/c1-64(2,3)47-25-29-60-56(39-47)55-28-24-44-38-63(55)69(60,74)59-21-15-12-18-52(59)43-23-27-54-46(35-49(31-33-71)66(7,8)9)40-67(72,62(54)37-43)57-19-13-10-16-50(57)42-22-26-53-45(34-48(30-32-70)65(4,5)6)41-68(73,61(53)36-42)58-20-14-11-17-51(44)58/h10-41,72-74H,70-71H2,1-9H3/b32-30-,33-31-,48-34+,49-35+. The third kappa shape index (κ3) is 7.55. The summed E-state index contributed by atoms with van der Waals surface area (Å²) in [6.45, 7) is 19.6. The summed E-state index contributed by atoms with van der Waals surface area (Å²) >= 11 is 0. The molecule has 4 aliphatic carbocycles. The zero-order chi connectivity index (χ0) is 52.3. The molecule has 3 unspecified atom stereocenters. The molecule has 0 amide bonds. The van der Waals surface area contributed by atoms with Gasteiger partial charge in [0.25, 0.3) is 0 Å². The molecule has 7 N–H and O–H groups in total. The zero-order valence-electron chi connectivity index (χ0n) is 44.0. The van der Waals surface area contributed by atoms with E-state index in [1.807, 2.05) is 78.9 Å². The largest absolute Gasteiger partial charge is 0.405 e. The average Bonchev–Trinajstić information content (AvgIpc) is 3.93. The Balaban J connectivity index is 1.28. The summed E-state index contributed by atoms with van der Waals surface area (Å²) in [6, 6.07) is 49.9. The molecular formula is C69H66N2O3. The highest BCUT2D eigenvalue weighted by Gasteiger charge is 2.47. The summed E-state index contributed by atoms with van der Waals surface area (Å²) in [4.78, 5) is 0. The Kier molecular flexibility index (Phi) is 11.2. The maximum atomic E-state index is 14.1. The summed E-state index contributed by atoms with van der Waals surface area (Å²) in [5, 5.41) is 41.9. The lowest BCUT2D eigenvalue weighted by Gasteiger charge is -2.31. The van der Waals surface area contributed by atoms with E-state index in [1.165, 1.54) is 5.56 Å². The molecule has 5 nitrogen and oxygen atoms in total. The number of hydrogen-bond donors (Lipinski definition) is 5. The third-order valence-corrected chi connectivity index (χ3v) is 16.0. The van der Waals surface area contributed by atoms with Crippen molar-refractivity contribution in [3.8, 4) is 44.5 Å². The molecule has 7 aromatic carbocycles. The molecule has 74 heavy (non-hydrogen) atoms. The van der Waals surface area contributed by atoms with E-state index in [0.717, 1.165) is 94.6 Å². The number of benzene rings is 7. The topological polar surface area (TPSA) is 113 Å². The molecule has 11 rings (SSSR count). The van der Waals surface area contributed by atoms with E-state index in [4.69, 9.17) is 11.5 Å². The van der Waals surface area contributed by atoms with E-state index in [9.17, 15) is 15.3 Å². The van der Waals surface area contributed by atoms with Gasteiger partial charge in [0.2, 0.25) is 0 Å². The van der Waals surface area contributed by atoms with Gasteiger partial charge in [0, 0.05) is 27.8 Å². The summed E-state index contributed by atoms with van der Waals surface area (Å²) in [5.41, 5.74) is 25.5. The molecule has 0 fully saturated rings. The second kappa shape index (κ2) is 17.0. The van der Waals surface area contributed by atoms with Gasteiger partial charge < -0.3 is 26.8 Å². The second-order valence-electron chi connectivity index (χ2n) is 23.8. The van der Waals surface area contributed by atoms with Gasteiger partial charge in [0.1, 0.15) is 16.8 Å². The van der Waals surface area contributed by atoms with Crippen LogP contribution in [0.25, 0.3) is 55.7 Å². The van der Waals surface area contributed by atoms with Crippen molar-refractivity contribution < 1.29 is 15.3 Å². The molecular weight excluding hydrogens is 905 g/mol. The summed E-state index contributed by atoms with van der Waals surface area (Å²) in [5.74, 6) is 0. The first-order valence-corrected chi connectivity index (χ1v) is 25.8. The van der Waals surface area contributed by atoms with E-state index >= 15 is 0 Å². The van der Waals surface area contributed by atoms with E-state index in [1.54, 1.807) is 12.4 Å². The maximum absolute atomic E-state index is 14.1. The molecule has 370 valence electrons. The minimum absolute atomic E-state index is 0.144. The van der Waals surface area contributed by atoms with Crippen molar-refractivity contribution in [2.45, 2.75) is 84.5 Å². The second-order valence-corrected chi connectivity index (χ2v) is 23.8. The Morgan fingerprint density at radius 2 is 0.784 bits per heavy atom. The molecule has 0 spiro atoms. The van der Waals surface area contributed by atoms with Crippen LogP contribution in [0.15, 0.2) is 206 Å². The van der Waals surface area contributed by atoms with Crippen molar-refractivity contribution in [1.29, 1.82) is 0 Å². The Morgan fingerprint density at radius 1 is 0.392 bits per heavy atom. The SMILES string of the molecule is CC(C)(C)C(/C=C\N)=C/C1=CC2(O)c3cc(ccc31)-c1ccccc1C1(O)C=C(/C=C(\C=C/N)C(C)(C)C)c3ccc(cc31)-c1ccccc1C1(O)c3ccc(C(C)(C)C)cc3-c3ccc(cc31)-c1ccccc12. The number of hydrogen-bond acceptors (Lipinski definition) is 5. The first-order valence-electron chi connectivity index (χ1n) is 25.8. The lowest BCUT2D eigenvalue weighted by molar-refractivity contribution is 0.131. The Hall–Kier alpha value is -7.54. The van der Waals surface area contributed by atoms with Gasteiger partial charge in [-0.15, -0.1) is 0 Å². The van der Waals surface area contributed by atoms with Crippen LogP contribution in [0.1, 0.15) is 118 Å². The van der Waals surface area contributed by atoms with Gasteiger partial charge in [0.05, 0.1) is 0 Å². The van der Waals surface area contributed by atoms with Crippen LogP contribution in [0.4, 0.5) is 0 Å². The van der Waals surface area contributed by atoms with E-state index in [0.29, 0.717) is 22.3 Å². The van der Waals surface area contributed by atoms with E-state index < -0.39 is 16.8 Å². The molecule has 0 saturated heterocycles. The minimum atomic E-state index is -1.63. The van der Waals surface area contributed by atoms with Gasteiger partial charge in [-0.25, -0.2) is 0 Å². The van der Waals surface area contributed by atoms with Crippen LogP contribution in [0.3, 0.4) is 0 Å². The summed E-state index contributed by atoms with van der Waals surface area (Å²) < 4.78 is 0. The van der Waals surface area contributed by atoms with Gasteiger partial charge in [-0.3, -0.25) is 0 Å². The Bertz CT molecular complexity index is 3690. The molecule has 5 heteroatoms. The highest BCUT2D eigenvalue weighted by molar-refractivity contribution is 5.93. The predicted octanol–water partition coefficient (Wildman–Crippen LogP) is 14.7. The van der Waals surface area contributed by atoms with Gasteiger partial charge in [0.15, 0.2) is 0 Å². The van der Waals surface area contributed by atoms with Gasteiger partial charge in [-0.05, 0) is 166 Å². The van der Waals surface area contributed by atoms with Crippen LogP contribution in [-0.2, 0) is 22.2 Å². The molecule has 7 aromatic rings. The molecule has 3 atom stereocenters. The molecule has 0 aliphatic heterocycles. The van der Waals surface area contributed by atoms with Crippen molar-refractivity contribution in [2.24, 2.45) is 22.3 Å². The molecule has 4 aliphatic rings. The van der Waals surface area contributed by atoms with Crippen LogP contribution in [0.5, 0.6) is 0 Å². The maximum Gasteiger partial charge on any atom is 0.142 e. The van der Waals surface area contributed by atoms with Crippen LogP contribution >= 0.6 is 0 Å². The normalized spacial score (nSPS) is 20.9. The highest BCUT2D eigenvalue weighted by Crippen LogP contribution is 2.57. The monoisotopic (exact) mass is 971 g/mol. The first-order chi connectivity index (χ1) is 35.1. The molecule has 6 bridgehead atoms. The summed E-state index contributed by atoms with van der Waals surface area (Å²) in [7, 11) is 0. The number of allylic oxidation sites excluding steroid dienone is 8. The quantitative estimate of drug-likeness (QED) is 0.113. The van der Waals surface area contributed by atoms with Crippen LogP contribution in [0, 0.1) is 10.8 Å². The van der Waals surface area contributed by atoms with Gasteiger partial charge >= 0.3 is 0 Å². The third-order valence-electron chi connectivity index (χ3n) is 16.0. The molecule has 0 saturated carbocycles. The minimum Gasteiger partial charge on any atom is -0.405 e. The van der Waals surface area contributed by atoms with Crippen LogP contribution in [0.2, 0.25) is 0 Å². The smallest absolute Gasteiger partial charge is 0.142 e.